The average Bonchev–Trinajstić information content (AvgIpc) is 2.53. The maximum atomic E-state index is 12.4. The van der Waals surface area contributed by atoms with Gasteiger partial charge in [0.1, 0.15) is 6.54 Å². The zero-order chi connectivity index (χ0) is 16.4. The van der Waals surface area contributed by atoms with Crippen LogP contribution in [0.2, 0.25) is 0 Å². The summed E-state index contributed by atoms with van der Waals surface area (Å²) in [5, 5.41) is 2.90. The van der Waals surface area contributed by atoms with E-state index in [1.807, 2.05) is 56.3 Å². The Balaban J connectivity index is 1.76. The van der Waals surface area contributed by atoms with E-state index in [1.165, 1.54) is 11.8 Å². The number of carbonyl (C=O) groups excluding carboxylic acids is 2. The Hall–Kier alpha value is -2.27. The number of benzene rings is 2. The van der Waals surface area contributed by atoms with Gasteiger partial charge in [0.15, 0.2) is 0 Å². The summed E-state index contributed by atoms with van der Waals surface area (Å²) in [6, 6.07) is 13.5. The molecule has 1 aliphatic heterocycles. The Morgan fingerprint density at radius 1 is 1.22 bits per heavy atom. The van der Waals surface area contributed by atoms with Gasteiger partial charge in [0.05, 0.1) is 11.4 Å². The van der Waals surface area contributed by atoms with Gasteiger partial charge in [0.2, 0.25) is 11.8 Å². The van der Waals surface area contributed by atoms with Crippen LogP contribution in [0, 0.1) is 13.8 Å². The molecule has 1 heterocycles. The molecule has 0 bridgehead atoms. The first-order valence-corrected chi connectivity index (χ1v) is 8.42. The number of aryl methyl sites for hydroxylation is 2. The van der Waals surface area contributed by atoms with E-state index in [-0.39, 0.29) is 18.4 Å². The topological polar surface area (TPSA) is 49.4 Å². The van der Waals surface area contributed by atoms with Crippen LogP contribution >= 0.6 is 11.8 Å². The zero-order valence-electron chi connectivity index (χ0n) is 13.1. The van der Waals surface area contributed by atoms with Gasteiger partial charge in [-0.15, -0.1) is 11.8 Å². The molecule has 23 heavy (non-hydrogen) atoms. The monoisotopic (exact) mass is 326 g/mol. The summed E-state index contributed by atoms with van der Waals surface area (Å²) in [6.45, 7) is 4.00. The molecular formula is C18H18N2O2S. The Kier molecular flexibility index (Phi) is 4.39. The molecule has 1 aliphatic rings. The van der Waals surface area contributed by atoms with E-state index in [0.717, 1.165) is 27.4 Å². The van der Waals surface area contributed by atoms with Crippen LogP contribution in [0.15, 0.2) is 47.4 Å². The number of thioether (sulfide) groups is 1. The molecular weight excluding hydrogens is 308 g/mol. The Morgan fingerprint density at radius 2 is 2.00 bits per heavy atom. The Labute approximate surface area is 139 Å². The van der Waals surface area contributed by atoms with Gasteiger partial charge in [0.25, 0.3) is 0 Å². The summed E-state index contributed by atoms with van der Waals surface area (Å²) in [7, 11) is 0. The van der Waals surface area contributed by atoms with Crippen LogP contribution in [0.3, 0.4) is 0 Å². The third-order valence-electron chi connectivity index (χ3n) is 3.77. The molecule has 0 aromatic heterocycles. The number of hydrogen-bond donors (Lipinski definition) is 1. The van der Waals surface area contributed by atoms with E-state index in [9.17, 15) is 9.59 Å². The van der Waals surface area contributed by atoms with Gasteiger partial charge in [-0.25, -0.2) is 0 Å². The van der Waals surface area contributed by atoms with E-state index in [1.54, 1.807) is 4.90 Å². The van der Waals surface area contributed by atoms with Crippen LogP contribution in [0.5, 0.6) is 0 Å². The zero-order valence-corrected chi connectivity index (χ0v) is 13.9. The summed E-state index contributed by atoms with van der Waals surface area (Å²) in [4.78, 5) is 27.1. The maximum absolute atomic E-state index is 12.4. The number of amides is 2. The molecule has 0 saturated carbocycles. The molecule has 4 nitrogen and oxygen atoms in total. The molecule has 1 N–H and O–H groups in total. The van der Waals surface area contributed by atoms with Crippen LogP contribution in [-0.4, -0.2) is 24.1 Å². The Bertz CT molecular complexity index is 773. The lowest BCUT2D eigenvalue weighted by Gasteiger charge is -2.28. The molecule has 0 aliphatic carbocycles. The average molecular weight is 326 g/mol. The third kappa shape index (κ3) is 3.40. The van der Waals surface area contributed by atoms with E-state index in [0.29, 0.717) is 5.75 Å². The maximum Gasteiger partial charge on any atom is 0.244 e. The van der Waals surface area contributed by atoms with Crippen LogP contribution in [-0.2, 0) is 9.59 Å². The van der Waals surface area contributed by atoms with Crippen molar-refractivity contribution in [3.63, 3.8) is 0 Å². The number of fused-ring (bicyclic) bond motifs is 1. The highest BCUT2D eigenvalue weighted by molar-refractivity contribution is 8.00. The lowest BCUT2D eigenvalue weighted by molar-refractivity contribution is -0.120. The van der Waals surface area contributed by atoms with Crippen molar-refractivity contribution >= 4 is 35.0 Å². The molecule has 3 rings (SSSR count). The lowest BCUT2D eigenvalue weighted by atomic mass is 10.1. The Morgan fingerprint density at radius 3 is 2.78 bits per heavy atom. The molecule has 5 heteroatoms. The van der Waals surface area contributed by atoms with Crippen molar-refractivity contribution in [1.29, 1.82) is 0 Å². The summed E-state index contributed by atoms with van der Waals surface area (Å²) in [6.07, 6.45) is 0. The molecule has 0 radical (unpaired) electrons. The number of anilines is 2. The minimum atomic E-state index is -0.188. The number of rotatable bonds is 3. The van der Waals surface area contributed by atoms with Gasteiger partial charge < -0.3 is 10.2 Å². The first-order valence-electron chi connectivity index (χ1n) is 7.44. The second kappa shape index (κ2) is 6.46. The van der Waals surface area contributed by atoms with Crippen LogP contribution in [0.4, 0.5) is 11.4 Å². The standard InChI is InChI=1S/C18H18N2O2S/c1-12-7-8-14(13(2)9-12)19-17(21)10-20-15-5-3-4-6-16(15)23-11-18(20)22/h3-9H,10-11H2,1-2H3,(H,19,21). The molecule has 0 fully saturated rings. The van der Waals surface area contributed by atoms with Crippen LogP contribution < -0.4 is 10.2 Å². The smallest absolute Gasteiger partial charge is 0.244 e. The molecule has 2 aromatic carbocycles. The fourth-order valence-electron chi connectivity index (χ4n) is 2.61. The molecule has 2 aromatic rings. The number of nitrogens with zero attached hydrogens (tertiary/aromatic N) is 1. The van der Waals surface area contributed by atoms with Crippen molar-refractivity contribution in [2.45, 2.75) is 18.7 Å². The quantitative estimate of drug-likeness (QED) is 0.941. The summed E-state index contributed by atoms with van der Waals surface area (Å²) in [5.74, 6) is 0.143. The predicted molar refractivity (Wildman–Crippen MR) is 94.1 cm³/mol. The van der Waals surface area contributed by atoms with Gasteiger partial charge in [0, 0.05) is 10.6 Å². The second-order valence-electron chi connectivity index (χ2n) is 5.60. The third-order valence-corrected chi connectivity index (χ3v) is 4.81. The second-order valence-corrected chi connectivity index (χ2v) is 6.62. The van der Waals surface area contributed by atoms with E-state index in [2.05, 4.69) is 5.32 Å². The molecule has 0 atom stereocenters. The number of nitrogens with one attached hydrogen (secondary N) is 1. The normalized spacial score (nSPS) is 13.7. The first-order chi connectivity index (χ1) is 11.0. The molecule has 2 amide bonds. The lowest BCUT2D eigenvalue weighted by Crippen LogP contribution is -2.41. The highest BCUT2D eigenvalue weighted by Crippen LogP contribution is 2.34. The minimum absolute atomic E-state index is 0.0315. The highest BCUT2D eigenvalue weighted by Gasteiger charge is 2.26. The van der Waals surface area contributed by atoms with E-state index < -0.39 is 0 Å². The number of para-hydroxylation sites is 1. The number of hydrogen-bond acceptors (Lipinski definition) is 3. The fourth-order valence-corrected chi connectivity index (χ4v) is 3.55. The van der Waals surface area contributed by atoms with Gasteiger partial charge in [-0.05, 0) is 37.6 Å². The van der Waals surface area contributed by atoms with Gasteiger partial charge in [-0.3, -0.25) is 9.59 Å². The molecule has 0 spiro atoms. The highest BCUT2D eigenvalue weighted by atomic mass is 32.2. The largest absolute Gasteiger partial charge is 0.324 e. The van der Waals surface area contributed by atoms with E-state index >= 15 is 0 Å². The van der Waals surface area contributed by atoms with Crippen molar-refractivity contribution in [3.8, 4) is 0 Å². The first kappa shape index (κ1) is 15.6. The molecule has 118 valence electrons. The van der Waals surface area contributed by atoms with Gasteiger partial charge in [-0.2, -0.15) is 0 Å². The summed E-state index contributed by atoms with van der Waals surface area (Å²) < 4.78 is 0. The summed E-state index contributed by atoms with van der Waals surface area (Å²) >= 11 is 1.51. The van der Waals surface area contributed by atoms with Crippen molar-refractivity contribution in [2.75, 3.05) is 22.5 Å². The SMILES string of the molecule is Cc1ccc(NC(=O)CN2C(=O)CSc3ccccc32)c(C)c1. The van der Waals surface area contributed by atoms with Gasteiger partial charge >= 0.3 is 0 Å². The number of carbonyl (C=O) groups is 2. The van der Waals surface area contributed by atoms with Crippen molar-refractivity contribution in [2.24, 2.45) is 0 Å². The molecule has 0 saturated heterocycles. The molecule has 0 unspecified atom stereocenters. The predicted octanol–water partition coefficient (Wildman–Crippen LogP) is 3.38. The van der Waals surface area contributed by atoms with Gasteiger partial charge in [-0.1, -0.05) is 29.8 Å². The fraction of sp³-hybridized carbons (Fsp3) is 0.222. The summed E-state index contributed by atoms with van der Waals surface area (Å²) in [5.41, 5.74) is 3.76. The minimum Gasteiger partial charge on any atom is -0.324 e. The van der Waals surface area contributed by atoms with Crippen LogP contribution in [0.25, 0.3) is 0 Å². The van der Waals surface area contributed by atoms with Crippen molar-refractivity contribution in [3.05, 3.63) is 53.6 Å². The van der Waals surface area contributed by atoms with Crippen molar-refractivity contribution < 1.29 is 9.59 Å². The van der Waals surface area contributed by atoms with E-state index in [4.69, 9.17) is 0 Å². The van der Waals surface area contributed by atoms with Crippen LogP contribution in [0.1, 0.15) is 11.1 Å². The van der Waals surface area contributed by atoms with Crippen molar-refractivity contribution in [1.82, 2.24) is 0 Å².